The fourth-order valence-electron chi connectivity index (χ4n) is 1.98. The minimum atomic E-state index is 0.384. The van der Waals surface area contributed by atoms with Gasteiger partial charge in [-0.1, -0.05) is 0 Å². The third-order valence-corrected chi connectivity index (χ3v) is 2.83. The highest BCUT2D eigenvalue weighted by atomic mass is 16.5. The predicted octanol–water partition coefficient (Wildman–Crippen LogP) is 0.934. The van der Waals surface area contributed by atoms with Crippen molar-refractivity contribution in [3.8, 4) is 0 Å². The largest absolute Gasteiger partial charge is 0.376 e. The van der Waals surface area contributed by atoms with E-state index in [-0.39, 0.29) is 0 Å². The van der Waals surface area contributed by atoms with E-state index in [4.69, 9.17) is 9.47 Å². The molecule has 3 heteroatoms. The number of hydrogen-bond acceptors (Lipinski definition) is 3. The van der Waals surface area contributed by atoms with E-state index >= 15 is 0 Å². The van der Waals surface area contributed by atoms with Crippen LogP contribution in [0.2, 0.25) is 0 Å². The third kappa shape index (κ3) is 2.93. The normalized spacial score (nSPS) is 30.9. The average Bonchev–Trinajstić information content (AvgIpc) is 2.69. The van der Waals surface area contributed by atoms with Gasteiger partial charge in [0.2, 0.25) is 0 Å². The molecule has 2 fully saturated rings. The van der Waals surface area contributed by atoms with Gasteiger partial charge in [0, 0.05) is 6.61 Å². The maximum absolute atomic E-state index is 5.80. The van der Waals surface area contributed by atoms with Gasteiger partial charge in [0.15, 0.2) is 0 Å². The molecular weight excluding hydrogens is 166 g/mol. The second-order valence-corrected chi connectivity index (χ2v) is 3.92. The van der Waals surface area contributed by atoms with Gasteiger partial charge in [-0.25, -0.2) is 0 Å². The molecule has 1 N–H and O–H groups in total. The van der Waals surface area contributed by atoms with Gasteiger partial charge in [0.25, 0.3) is 0 Å². The van der Waals surface area contributed by atoms with Gasteiger partial charge in [0.1, 0.15) is 0 Å². The second-order valence-electron chi connectivity index (χ2n) is 3.92. The molecule has 13 heavy (non-hydrogen) atoms. The number of rotatable bonds is 3. The minimum absolute atomic E-state index is 0.384. The Morgan fingerprint density at radius 1 is 1.23 bits per heavy atom. The summed E-state index contributed by atoms with van der Waals surface area (Å²) in [6.45, 7) is 3.96. The highest BCUT2D eigenvalue weighted by Gasteiger charge is 2.19. The molecule has 0 aromatic carbocycles. The number of piperidine rings is 1. The van der Waals surface area contributed by atoms with Crippen molar-refractivity contribution in [2.45, 2.75) is 37.9 Å². The van der Waals surface area contributed by atoms with Crippen LogP contribution >= 0.6 is 0 Å². The topological polar surface area (TPSA) is 30.5 Å². The zero-order valence-electron chi connectivity index (χ0n) is 8.13. The monoisotopic (exact) mass is 185 g/mol. The molecule has 0 aromatic rings. The zero-order chi connectivity index (χ0) is 8.93. The molecule has 0 unspecified atom stereocenters. The molecule has 1 atom stereocenters. The highest BCUT2D eigenvalue weighted by molar-refractivity contribution is 4.70. The fraction of sp³-hybridized carbons (Fsp3) is 1.00. The first-order valence-electron chi connectivity index (χ1n) is 5.39. The second kappa shape index (κ2) is 4.94. The van der Waals surface area contributed by atoms with Gasteiger partial charge in [-0.2, -0.15) is 0 Å². The van der Waals surface area contributed by atoms with Crippen molar-refractivity contribution in [2.24, 2.45) is 0 Å². The lowest BCUT2D eigenvalue weighted by Gasteiger charge is -2.24. The SMILES string of the molecule is C1CO[C@@H](COC2CCNCC2)C1. The van der Waals surface area contributed by atoms with Crippen LogP contribution in [0.3, 0.4) is 0 Å². The van der Waals surface area contributed by atoms with Crippen LogP contribution < -0.4 is 5.32 Å². The van der Waals surface area contributed by atoms with Crippen LogP contribution in [0.1, 0.15) is 25.7 Å². The quantitative estimate of drug-likeness (QED) is 0.709. The molecule has 3 nitrogen and oxygen atoms in total. The van der Waals surface area contributed by atoms with Crippen molar-refractivity contribution in [1.29, 1.82) is 0 Å². The maximum Gasteiger partial charge on any atom is 0.0809 e. The first-order valence-corrected chi connectivity index (χ1v) is 5.39. The summed E-state index contributed by atoms with van der Waals surface area (Å²) in [4.78, 5) is 0. The molecule has 0 amide bonds. The lowest BCUT2D eigenvalue weighted by atomic mass is 10.1. The van der Waals surface area contributed by atoms with E-state index in [1.165, 1.54) is 12.8 Å². The lowest BCUT2D eigenvalue weighted by Crippen LogP contribution is -2.34. The molecule has 2 aliphatic rings. The van der Waals surface area contributed by atoms with E-state index < -0.39 is 0 Å². The molecule has 0 aromatic heterocycles. The Balaban J connectivity index is 1.60. The van der Waals surface area contributed by atoms with E-state index in [9.17, 15) is 0 Å². The number of nitrogens with one attached hydrogen (secondary N) is 1. The van der Waals surface area contributed by atoms with Gasteiger partial charge in [-0.05, 0) is 38.8 Å². The molecule has 2 heterocycles. The molecule has 0 aliphatic carbocycles. The van der Waals surface area contributed by atoms with Crippen LogP contribution in [0.15, 0.2) is 0 Å². The van der Waals surface area contributed by atoms with E-state index in [2.05, 4.69) is 5.32 Å². The van der Waals surface area contributed by atoms with Crippen molar-refractivity contribution in [3.63, 3.8) is 0 Å². The van der Waals surface area contributed by atoms with E-state index in [1.54, 1.807) is 0 Å². The lowest BCUT2D eigenvalue weighted by molar-refractivity contribution is -0.0300. The molecule has 76 valence electrons. The molecule has 0 bridgehead atoms. The van der Waals surface area contributed by atoms with Gasteiger partial charge in [-0.15, -0.1) is 0 Å². The van der Waals surface area contributed by atoms with E-state index in [0.29, 0.717) is 12.2 Å². The Morgan fingerprint density at radius 2 is 2.08 bits per heavy atom. The zero-order valence-corrected chi connectivity index (χ0v) is 8.13. The Bertz CT molecular complexity index is 140. The summed E-state index contributed by atoms with van der Waals surface area (Å²) < 4.78 is 11.3. The summed E-state index contributed by atoms with van der Waals surface area (Å²) in [5.41, 5.74) is 0. The summed E-state index contributed by atoms with van der Waals surface area (Å²) in [5, 5.41) is 3.33. The fourth-order valence-corrected chi connectivity index (χ4v) is 1.98. The summed E-state index contributed by atoms with van der Waals surface area (Å²) in [6.07, 6.45) is 5.57. The van der Waals surface area contributed by atoms with Gasteiger partial charge in [0.05, 0.1) is 18.8 Å². The number of ether oxygens (including phenoxy) is 2. The third-order valence-electron chi connectivity index (χ3n) is 2.83. The van der Waals surface area contributed by atoms with Crippen molar-refractivity contribution in [1.82, 2.24) is 5.32 Å². The average molecular weight is 185 g/mol. The Morgan fingerprint density at radius 3 is 2.77 bits per heavy atom. The van der Waals surface area contributed by atoms with Gasteiger partial charge < -0.3 is 14.8 Å². The Kier molecular flexibility index (Phi) is 3.58. The Hall–Kier alpha value is -0.120. The molecule has 0 spiro atoms. The van der Waals surface area contributed by atoms with Crippen LogP contribution in [-0.2, 0) is 9.47 Å². The summed E-state index contributed by atoms with van der Waals surface area (Å²) >= 11 is 0. The molecule has 2 saturated heterocycles. The Labute approximate surface area is 79.8 Å². The standard InChI is InChI=1S/C10H19NO2/c1-2-10(12-7-1)8-13-9-3-5-11-6-4-9/h9-11H,1-8H2/t10-/m1/s1. The first-order chi connectivity index (χ1) is 6.45. The summed E-state index contributed by atoms with van der Waals surface area (Å²) in [5.74, 6) is 0. The van der Waals surface area contributed by atoms with Crippen LogP contribution in [-0.4, -0.2) is 38.5 Å². The highest BCUT2D eigenvalue weighted by Crippen LogP contribution is 2.15. The van der Waals surface area contributed by atoms with Gasteiger partial charge >= 0.3 is 0 Å². The van der Waals surface area contributed by atoms with Crippen LogP contribution in [0.4, 0.5) is 0 Å². The van der Waals surface area contributed by atoms with Crippen molar-refractivity contribution in [2.75, 3.05) is 26.3 Å². The predicted molar refractivity (Wildman–Crippen MR) is 50.8 cm³/mol. The molecule has 0 radical (unpaired) electrons. The van der Waals surface area contributed by atoms with Gasteiger partial charge in [-0.3, -0.25) is 0 Å². The first kappa shape index (κ1) is 9.44. The molecule has 2 aliphatic heterocycles. The smallest absolute Gasteiger partial charge is 0.0809 e. The van der Waals surface area contributed by atoms with E-state index in [1.807, 2.05) is 0 Å². The van der Waals surface area contributed by atoms with E-state index in [0.717, 1.165) is 39.1 Å². The maximum atomic E-state index is 5.80. The molecule has 0 saturated carbocycles. The van der Waals surface area contributed by atoms with Crippen LogP contribution in [0.25, 0.3) is 0 Å². The van der Waals surface area contributed by atoms with Crippen LogP contribution in [0, 0.1) is 0 Å². The molecular formula is C10H19NO2. The summed E-state index contributed by atoms with van der Waals surface area (Å²) in [6, 6.07) is 0. The van der Waals surface area contributed by atoms with Crippen molar-refractivity contribution in [3.05, 3.63) is 0 Å². The van der Waals surface area contributed by atoms with Crippen molar-refractivity contribution < 1.29 is 9.47 Å². The number of hydrogen-bond donors (Lipinski definition) is 1. The van der Waals surface area contributed by atoms with Crippen molar-refractivity contribution >= 4 is 0 Å². The summed E-state index contributed by atoms with van der Waals surface area (Å²) in [7, 11) is 0. The molecule has 2 rings (SSSR count). The minimum Gasteiger partial charge on any atom is -0.376 e. The van der Waals surface area contributed by atoms with Crippen LogP contribution in [0.5, 0.6) is 0 Å².